The molecule has 4 N–H and O–H groups in total. The molecule has 0 aliphatic carbocycles. The van der Waals surface area contributed by atoms with Crippen molar-refractivity contribution >= 4 is 31.0 Å². The Bertz CT molecular complexity index is 1710. The minimum absolute atomic E-state index is 0.0890. The van der Waals surface area contributed by atoms with Crippen LogP contribution in [-0.4, -0.2) is 42.5 Å². The lowest BCUT2D eigenvalue weighted by Gasteiger charge is -2.53. The third-order valence-corrected chi connectivity index (χ3v) is 13.8. The number of nitrogen functional groups attached to an aromatic ring is 1. The number of hydrogen-bond donors (Lipinski definition) is 3. The quantitative estimate of drug-likeness (QED) is 0.112. The van der Waals surface area contributed by atoms with Crippen LogP contribution in [0.1, 0.15) is 58.2 Å². The molecule has 0 aliphatic rings. The highest BCUT2D eigenvalue weighted by Gasteiger charge is 2.53. The van der Waals surface area contributed by atoms with Gasteiger partial charge in [-0.05, 0) is 70.9 Å². The number of hydrogen-bond acceptors (Lipinski definition) is 5. The molecule has 9 heteroatoms. The molecule has 0 spiro atoms. The molecule has 1 atom stereocenters. The Labute approximate surface area is 273 Å². The van der Waals surface area contributed by atoms with Gasteiger partial charge in [0.2, 0.25) is 5.56 Å². The second kappa shape index (κ2) is 13.3. The lowest BCUT2D eigenvalue weighted by molar-refractivity contribution is -0.0692. The first-order valence-corrected chi connectivity index (χ1v) is 18.7. The Morgan fingerprint density at radius 1 is 0.891 bits per heavy atom. The Kier molecular flexibility index (Phi) is 10.1. The number of nitrogens with one attached hydrogen (secondary N) is 1. The molecule has 4 aromatic rings. The van der Waals surface area contributed by atoms with E-state index in [1.54, 1.807) is 6.07 Å². The molecule has 246 valence electrons. The van der Waals surface area contributed by atoms with Crippen molar-refractivity contribution in [1.82, 2.24) is 9.88 Å². The van der Waals surface area contributed by atoms with Crippen LogP contribution in [0, 0.1) is 5.41 Å². The van der Waals surface area contributed by atoms with Crippen molar-refractivity contribution in [2.24, 2.45) is 5.41 Å². The molecule has 46 heavy (non-hydrogen) atoms. The van der Waals surface area contributed by atoms with Crippen LogP contribution >= 0.6 is 0 Å². The first-order valence-electron chi connectivity index (χ1n) is 15.8. The number of pyridine rings is 1. The Morgan fingerprint density at radius 3 is 2.13 bits per heavy atom. The molecule has 0 fully saturated rings. The SMILES string of the molecule is CC(C)(C)[C@@](CN(CCc1ccc(N)cc1)C(=O)O)(O[Si](C)(C)C(C)(C)C)c1ccc(OCc2ccccc2)c2[nH]c(=O)ccc12. The molecular formula is C37H49N3O5Si. The van der Waals surface area contributed by atoms with Gasteiger partial charge in [0.1, 0.15) is 18.0 Å². The van der Waals surface area contributed by atoms with Gasteiger partial charge in [-0.1, -0.05) is 90.1 Å². The van der Waals surface area contributed by atoms with E-state index in [0.717, 1.165) is 22.1 Å². The summed E-state index contributed by atoms with van der Waals surface area (Å²) in [5, 5.41) is 11.2. The van der Waals surface area contributed by atoms with Crippen LogP contribution in [0.4, 0.5) is 10.5 Å². The average Bonchev–Trinajstić information content (AvgIpc) is 2.97. The lowest BCUT2D eigenvalue weighted by Crippen LogP contribution is -2.59. The highest BCUT2D eigenvalue weighted by molar-refractivity contribution is 6.74. The van der Waals surface area contributed by atoms with Gasteiger partial charge in [0.15, 0.2) is 8.32 Å². The van der Waals surface area contributed by atoms with E-state index >= 15 is 0 Å². The number of nitrogens with two attached hydrogens (primary N) is 1. The summed E-state index contributed by atoms with van der Waals surface area (Å²) in [4.78, 5) is 30.1. The van der Waals surface area contributed by atoms with Crippen LogP contribution < -0.4 is 16.0 Å². The predicted octanol–water partition coefficient (Wildman–Crippen LogP) is 8.18. The number of rotatable bonds is 11. The Balaban J connectivity index is 1.90. The fourth-order valence-electron chi connectivity index (χ4n) is 5.45. The highest BCUT2D eigenvalue weighted by Crippen LogP contribution is 2.51. The third kappa shape index (κ3) is 7.65. The highest BCUT2D eigenvalue weighted by atomic mass is 28.4. The summed E-state index contributed by atoms with van der Waals surface area (Å²) in [6, 6.07) is 24.5. The molecule has 1 aromatic heterocycles. The van der Waals surface area contributed by atoms with E-state index in [4.69, 9.17) is 14.9 Å². The normalized spacial score (nSPS) is 13.7. The molecule has 0 radical (unpaired) electrons. The molecule has 8 nitrogen and oxygen atoms in total. The summed E-state index contributed by atoms with van der Waals surface area (Å²) in [7, 11) is -2.54. The monoisotopic (exact) mass is 643 g/mol. The molecule has 0 unspecified atom stereocenters. The van der Waals surface area contributed by atoms with Gasteiger partial charge in [-0.2, -0.15) is 0 Å². The summed E-state index contributed by atoms with van der Waals surface area (Å²) in [5.74, 6) is 0.536. The fraction of sp³-hybridized carbons (Fsp3) is 0.405. The van der Waals surface area contributed by atoms with Gasteiger partial charge in [0, 0.05) is 23.7 Å². The molecule has 0 saturated carbocycles. The van der Waals surface area contributed by atoms with Crippen molar-refractivity contribution in [2.45, 2.75) is 78.3 Å². The van der Waals surface area contributed by atoms with Crippen molar-refractivity contribution in [2.75, 3.05) is 18.8 Å². The summed E-state index contributed by atoms with van der Waals surface area (Å²) >= 11 is 0. The summed E-state index contributed by atoms with van der Waals surface area (Å²) in [5.41, 5.74) is 7.98. The largest absolute Gasteiger partial charge is 0.487 e. The van der Waals surface area contributed by atoms with Crippen LogP contribution in [0.2, 0.25) is 18.1 Å². The van der Waals surface area contributed by atoms with Gasteiger partial charge in [0.05, 0.1) is 12.1 Å². The Morgan fingerprint density at radius 2 is 1.54 bits per heavy atom. The zero-order valence-corrected chi connectivity index (χ0v) is 29.4. The number of nitrogens with zero attached hydrogens (tertiary/aromatic N) is 1. The Hall–Kier alpha value is -4.08. The number of ether oxygens (including phenoxy) is 1. The number of carboxylic acid groups (broad SMARTS) is 1. The van der Waals surface area contributed by atoms with Gasteiger partial charge < -0.3 is 29.9 Å². The number of amides is 1. The molecule has 1 amide bonds. The molecule has 3 aromatic carbocycles. The first kappa shape index (κ1) is 34.8. The van der Waals surface area contributed by atoms with Crippen LogP contribution in [0.5, 0.6) is 5.75 Å². The van der Waals surface area contributed by atoms with Gasteiger partial charge in [-0.25, -0.2) is 4.79 Å². The first-order chi connectivity index (χ1) is 21.4. The number of carbonyl (C=O) groups is 1. The van der Waals surface area contributed by atoms with Gasteiger partial charge in [-0.3, -0.25) is 4.79 Å². The maximum absolute atomic E-state index is 12.9. The second-order valence-corrected chi connectivity index (χ2v) is 19.4. The maximum atomic E-state index is 12.9. The smallest absolute Gasteiger partial charge is 0.407 e. The van der Waals surface area contributed by atoms with Gasteiger partial charge >= 0.3 is 6.09 Å². The zero-order chi connectivity index (χ0) is 33.9. The van der Waals surface area contributed by atoms with E-state index in [2.05, 4.69) is 59.6 Å². The van der Waals surface area contributed by atoms with E-state index < -0.39 is 25.4 Å². The van der Waals surface area contributed by atoms with E-state index in [0.29, 0.717) is 30.0 Å². The third-order valence-electron chi connectivity index (χ3n) is 9.31. The van der Waals surface area contributed by atoms with Crippen molar-refractivity contribution in [3.63, 3.8) is 0 Å². The number of benzene rings is 3. The van der Waals surface area contributed by atoms with Gasteiger partial charge in [-0.15, -0.1) is 0 Å². The summed E-state index contributed by atoms with van der Waals surface area (Å²) < 4.78 is 13.7. The fourth-order valence-corrected chi connectivity index (χ4v) is 7.11. The summed E-state index contributed by atoms with van der Waals surface area (Å²) in [6.07, 6.45) is -0.504. The number of fused-ring (bicyclic) bond motifs is 1. The standard InChI is InChI=1S/C37H49N3O5Si/c1-35(2,3)37(45-46(7,8)36(4,5)6,25-40(34(42)43)23-22-26-14-16-28(38)17-15-26)30-19-20-31(33-29(30)18-21-32(41)39-33)44-24-27-12-10-9-11-13-27/h9-21H,22-25,38H2,1-8H3,(H,39,41)(H,42,43)/t37-/m0/s1. The van der Waals surface area contributed by atoms with Crippen molar-refractivity contribution in [3.05, 3.63) is 106 Å². The van der Waals surface area contributed by atoms with Crippen molar-refractivity contribution in [1.29, 1.82) is 0 Å². The van der Waals surface area contributed by atoms with Crippen molar-refractivity contribution < 1.29 is 19.1 Å². The van der Waals surface area contributed by atoms with E-state index in [9.17, 15) is 14.7 Å². The molecule has 4 rings (SSSR count). The molecule has 0 saturated heterocycles. The van der Waals surface area contributed by atoms with Crippen molar-refractivity contribution in [3.8, 4) is 5.75 Å². The maximum Gasteiger partial charge on any atom is 0.407 e. The lowest BCUT2D eigenvalue weighted by atomic mass is 9.70. The van der Waals surface area contributed by atoms with E-state index in [-0.39, 0.29) is 23.7 Å². The number of anilines is 1. The predicted molar refractivity (Wildman–Crippen MR) is 189 cm³/mol. The minimum atomic E-state index is -2.54. The molecular weight excluding hydrogens is 595 g/mol. The molecule has 0 bridgehead atoms. The summed E-state index contributed by atoms with van der Waals surface area (Å²) in [6.45, 7) is 17.9. The van der Waals surface area contributed by atoms with E-state index in [1.807, 2.05) is 66.7 Å². The molecule has 0 aliphatic heterocycles. The van der Waals surface area contributed by atoms with Crippen LogP contribution in [0.25, 0.3) is 10.9 Å². The van der Waals surface area contributed by atoms with Crippen LogP contribution in [0.3, 0.4) is 0 Å². The number of aromatic amines is 1. The topological polar surface area (TPSA) is 118 Å². The van der Waals surface area contributed by atoms with Gasteiger partial charge in [0.25, 0.3) is 0 Å². The van der Waals surface area contributed by atoms with Crippen LogP contribution in [0.15, 0.2) is 83.7 Å². The second-order valence-electron chi connectivity index (χ2n) is 14.6. The number of aromatic nitrogens is 1. The average molecular weight is 644 g/mol. The zero-order valence-electron chi connectivity index (χ0n) is 28.4. The minimum Gasteiger partial charge on any atom is -0.487 e. The van der Waals surface area contributed by atoms with E-state index in [1.165, 1.54) is 11.0 Å². The molecule has 1 heterocycles. The number of H-pyrrole nitrogens is 1. The van der Waals surface area contributed by atoms with Crippen LogP contribution in [-0.2, 0) is 23.1 Å².